The van der Waals surface area contributed by atoms with Crippen molar-refractivity contribution in [1.29, 1.82) is 0 Å². The number of benzene rings is 3. The van der Waals surface area contributed by atoms with Gasteiger partial charge in [0.15, 0.2) is 0 Å². The largest absolute Gasteiger partial charge is 0.369 e. The molecule has 1 heterocycles. The maximum absolute atomic E-state index is 6.25. The molecular formula is C18H13Cl2N3. The maximum Gasteiger partial charge on any atom is 0.201 e. The van der Waals surface area contributed by atoms with Gasteiger partial charge < -0.3 is 10.6 Å². The molecule has 1 aliphatic heterocycles. The van der Waals surface area contributed by atoms with Gasteiger partial charge in [0.25, 0.3) is 0 Å². The summed E-state index contributed by atoms with van der Waals surface area (Å²) in [6.07, 6.45) is 0. The van der Waals surface area contributed by atoms with Gasteiger partial charge in [-0.1, -0.05) is 53.5 Å². The van der Waals surface area contributed by atoms with Crippen LogP contribution in [0.4, 0.5) is 11.4 Å². The number of guanidine groups is 1. The molecular weight excluding hydrogens is 329 g/mol. The molecule has 0 amide bonds. The molecule has 0 aromatic heterocycles. The number of hydrogen-bond donors (Lipinski definition) is 1. The lowest BCUT2D eigenvalue weighted by Gasteiger charge is -2.18. The molecule has 23 heavy (non-hydrogen) atoms. The second-order valence-corrected chi connectivity index (χ2v) is 6.26. The molecule has 1 aliphatic rings. The van der Waals surface area contributed by atoms with Crippen molar-refractivity contribution in [3.63, 3.8) is 0 Å². The highest BCUT2D eigenvalue weighted by molar-refractivity contribution is 6.42. The summed E-state index contributed by atoms with van der Waals surface area (Å²) in [4.78, 5) is 6.50. The van der Waals surface area contributed by atoms with Crippen molar-refractivity contribution < 1.29 is 0 Å². The van der Waals surface area contributed by atoms with Gasteiger partial charge in [-0.15, -0.1) is 0 Å². The number of rotatable bonds is 1. The lowest BCUT2D eigenvalue weighted by Crippen LogP contribution is -2.34. The van der Waals surface area contributed by atoms with Crippen LogP contribution in [0.15, 0.2) is 59.6 Å². The van der Waals surface area contributed by atoms with Crippen LogP contribution in [0.25, 0.3) is 10.8 Å². The molecule has 0 fully saturated rings. The zero-order chi connectivity index (χ0) is 16.0. The predicted molar refractivity (Wildman–Crippen MR) is 97.9 cm³/mol. The van der Waals surface area contributed by atoms with E-state index >= 15 is 0 Å². The summed E-state index contributed by atoms with van der Waals surface area (Å²) in [6, 6.07) is 17.7. The molecule has 114 valence electrons. The lowest BCUT2D eigenvalue weighted by molar-refractivity contribution is 1.04. The first kappa shape index (κ1) is 14.4. The lowest BCUT2D eigenvalue weighted by atomic mass is 10.1. The Kier molecular flexibility index (Phi) is 3.40. The van der Waals surface area contributed by atoms with E-state index in [0.717, 1.165) is 5.69 Å². The van der Waals surface area contributed by atoms with E-state index in [9.17, 15) is 0 Å². The Morgan fingerprint density at radius 1 is 1.00 bits per heavy atom. The Hall–Kier alpha value is -2.23. The average Bonchev–Trinajstić information content (AvgIpc) is 2.93. The van der Waals surface area contributed by atoms with Crippen LogP contribution in [0.2, 0.25) is 10.0 Å². The quantitative estimate of drug-likeness (QED) is 0.493. The summed E-state index contributed by atoms with van der Waals surface area (Å²) < 4.78 is 0. The summed E-state index contributed by atoms with van der Waals surface area (Å²) in [5.74, 6) is 0.437. The van der Waals surface area contributed by atoms with Gasteiger partial charge in [0.05, 0.1) is 28.0 Å². The van der Waals surface area contributed by atoms with Crippen molar-refractivity contribution in [2.45, 2.75) is 6.54 Å². The highest BCUT2D eigenvalue weighted by atomic mass is 35.5. The summed E-state index contributed by atoms with van der Waals surface area (Å²) in [5, 5.41) is 3.42. The number of anilines is 1. The second kappa shape index (κ2) is 5.44. The molecule has 0 saturated carbocycles. The van der Waals surface area contributed by atoms with Crippen LogP contribution in [0.5, 0.6) is 0 Å². The molecule has 0 bridgehead atoms. The Labute approximate surface area is 143 Å². The van der Waals surface area contributed by atoms with Gasteiger partial charge in [-0.05, 0) is 35.2 Å². The van der Waals surface area contributed by atoms with E-state index in [1.807, 2.05) is 11.0 Å². The van der Waals surface area contributed by atoms with Gasteiger partial charge in [0, 0.05) is 5.39 Å². The van der Waals surface area contributed by atoms with Crippen molar-refractivity contribution in [1.82, 2.24) is 0 Å². The molecule has 0 radical (unpaired) electrons. The molecule has 3 nitrogen and oxygen atoms in total. The van der Waals surface area contributed by atoms with Crippen molar-refractivity contribution in [2.24, 2.45) is 10.7 Å². The SMILES string of the molecule is NC(=Nc1ccc(Cl)c(Cl)c1)N1Cc2cccc3cccc1c23. The fourth-order valence-electron chi connectivity index (χ4n) is 2.96. The maximum atomic E-state index is 6.25. The fraction of sp³-hybridized carbons (Fsp3) is 0.0556. The summed E-state index contributed by atoms with van der Waals surface area (Å²) >= 11 is 12.0. The molecule has 3 aromatic carbocycles. The fourth-order valence-corrected chi connectivity index (χ4v) is 3.25. The topological polar surface area (TPSA) is 41.6 Å². The first-order chi connectivity index (χ1) is 11.1. The summed E-state index contributed by atoms with van der Waals surface area (Å²) in [5.41, 5.74) is 9.27. The summed E-state index contributed by atoms with van der Waals surface area (Å²) in [6.45, 7) is 0.716. The van der Waals surface area contributed by atoms with Crippen LogP contribution < -0.4 is 10.6 Å². The van der Waals surface area contributed by atoms with Gasteiger partial charge in [-0.2, -0.15) is 0 Å². The number of hydrogen-bond acceptors (Lipinski definition) is 1. The van der Waals surface area contributed by atoms with E-state index in [4.69, 9.17) is 28.9 Å². The first-order valence-corrected chi connectivity index (χ1v) is 7.96. The van der Waals surface area contributed by atoms with Crippen molar-refractivity contribution in [3.05, 3.63) is 70.2 Å². The van der Waals surface area contributed by atoms with Crippen LogP contribution in [0.1, 0.15) is 5.56 Å². The van der Waals surface area contributed by atoms with Gasteiger partial charge in [-0.25, -0.2) is 4.99 Å². The van der Waals surface area contributed by atoms with Gasteiger partial charge in [-0.3, -0.25) is 0 Å². The third kappa shape index (κ3) is 2.42. The van der Waals surface area contributed by atoms with Gasteiger partial charge >= 0.3 is 0 Å². The molecule has 2 N–H and O–H groups in total. The Morgan fingerprint density at radius 2 is 1.78 bits per heavy atom. The monoisotopic (exact) mass is 341 g/mol. The van der Waals surface area contributed by atoms with E-state index in [0.29, 0.717) is 28.2 Å². The smallest absolute Gasteiger partial charge is 0.201 e. The highest BCUT2D eigenvalue weighted by Gasteiger charge is 2.23. The Balaban J connectivity index is 1.76. The van der Waals surface area contributed by atoms with Crippen molar-refractivity contribution in [3.8, 4) is 0 Å². The molecule has 4 rings (SSSR count). The normalized spacial score (nSPS) is 13.8. The van der Waals surface area contributed by atoms with Crippen LogP contribution in [0.3, 0.4) is 0 Å². The Morgan fingerprint density at radius 3 is 2.57 bits per heavy atom. The molecule has 3 aromatic rings. The Bertz CT molecular complexity index is 945. The average molecular weight is 342 g/mol. The molecule has 0 spiro atoms. The molecule has 5 heteroatoms. The van der Waals surface area contributed by atoms with Gasteiger partial charge in [0.1, 0.15) is 0 Å². The minimum Gasteiger partial charge on any atom is -0.369 e. The zero-order valence-corrected chi connectivity index (χ0v) is 13.6. The van der Waals surface area contributed by atoms with Crippen molar-refractivity contribution in [2.75, 3.05) is 4.90 Å². The van der Waals surface area contributed by atoms with E-state index in [1.165, 1.54) is 16.3 Å². The zero-order valence-electron chi connectivity index (χ0n) is 12.1. The van der Waals surface area contributed by atoms with E-state index in [2.05, 4.69) is 35.3 Å². The third-order valence-electron chi connectivity index (χ3n) is 4.01. The van der Waals surface area contributed by atoms with Crippen LogP contribution >= 0.6 is 23.2 Å². The number of nitrogens with zero attached hydrogens (tertiary/aromatic N) is 2. The van der Waals surface area contributed by atoms with Crippen LogP contribution in [-0.2, 0) is 6.54 Å². The predicted octanol–water partition coefficient (Wildman–Crippen LogP) is 5.11. The minimum atomic E-state index is 0.437. The van der Waals surface area contributed by atoms with Crippen LogP contribution in [-0.4, -0.2) is 5.96 Å². The summed E-state index contributed by atoms with van der Waals surface area (Å²) in [7, 11) is 0. The number of nitrogens with two attached hydrogens (primary N) is 1. The second-order valence-electron chi connectivity index (χ2n) is 5.45. The van der Waals surface area contributed by atoms with E-state index in [1.54, 1.807) is 18.2 Å². The minimum absolute atomic E-state index is 0.437. The van der Waals surface area contributed by atoms with E-state index in [-0.39, 0.29) is 0 Å². The number of halogens is 2. The highest BCUT2D eigenvalue weighted by Crippen LogP contribution is 2.37. The van der Waals surface area contributed by atoms with Gasteiger partial charge in [0.2, 0.25) is 5.96 Å². The molecule has 0 saturated heterocycles. The molecule has 0 unspecified atom stereocenters. The molecule has 0 atom stereocenters. The standard InChI is InChI=1S/C18H13Cl2N3/c19-14-8-7-13(9-15(14)20)22-18(21)23-10-12-5-1-3-11-4-2-6-16(23)17(11)12/h1-9H,10H2,(H2,21,22). The van der Waals surface area contributed by atoms with E-state index < -0.39 is 0 Å². The van der Waals surface area contributed by atoms with Crippen LogP contribution in [0, 0.1) is 0 Å². The molecule has 0 aliphatic carbocycles. The first-order valence-electron chi connectivity index (χ1n) is 7.21. The number of aliphatic imine (C=N–C) groups is 1. The third-order valence-corrected chi connectivity index (χ3v) is 4.75. The van der Waals surface area contributed by atoms with Crippen molar-refractivity contribution >= 4 is 51.3 Å².